The summed E-state index contributed by atoms with van der Waals surface area (Å²) in [5.74, 6) is -0.111. The van der Waals surface area contributed by atoms with Gasteiger partial charge in [0.05, 0.1) is 12.0 Å². The maximum atomic E-state index is 12.8. The molecule has 0 aromatic heterocycles. The number of hydrogen-bond donors (Lipinski definition) is 3. The van der Waals surface area contributed by atoms with Crippen LogP contribution < -0.4 is 4.74 Å². The molecule has 0 fully saturated rings. The van der Waals surface area contributed by atoms with Crippen LogP contribution in [0.2, 0.25) is 0 Å². The average Bonchev–Trinajstić information content (AvgIpc) is 2.67. The van der Waals surface area contributed by atoms with Gasteiger partial charge < -0.3 is 20.1 Å². The van der Waals surface area contributed by atoms with E-state index in [0.717, 1.165) is 18.4 Å². The van der Waals surface area contributed by atoms with Crippen molar-refractivity contribution in [2.24, 2.45) is 5.92 Å². The van der Waals surface area contributed by atoms with E-state index in [4.69, 9.17) is 4.74 Å². The molecule has 5 nitrogen and oxygen atoms in total. The summed E-state index contributed by atoms with van der Waals surface area (Å²) in [6, 6.07) is 7.81. The number of phenols is 3. The van der Waals surface area contributed by atoms with Gasteiger partial charge >= 0.3 is 0 Å². The van der Waals surface area contributed by atoms with Crippen molar-refractivity contribution in [3.63, 3.8) is 0 Å². The lowest BCUT2D eigenvalue weighted by atomic mass is 9.93. The maximum absolute atomic E-state index is 12.8. The molecule has 2 atom stereocenters. The van der Waals surface area contributed by atoms with E-state index in [2.05, 4.69) is 26.8 Å². The number of ether oxygens (including phenoxy) is 1. The van der Waals surface area contributed by atoms with Crippen LogP contribution in [0.4, 0.5) is 0 Å². The molecule has 1 aliphatic rings. The molecule has 5 heteroatoms. The zero-order valence-corrected chi connectivity index (χ0v) is 17.6. The third kappa shape index (κ3) is 4.85. The van der Waals surface area contributed by atoms with Crippen molar-refractivity contribution >= 4 is 11.9 Å². The Morgan fingerprint density at radius 2 is 1.90 bits per heavy atom. The smallest absolute Gasteiger partial charge is 0.174 e. The monoisotopic (exact) mass is 408 g/mol. The van der Waals surface area contributed by atoms with E-state index >= 15 is 0 Å². The molecule has 1 heterocycles. The SMILES string of the molecule is CC(C)=CCC[C@H](C)/C=C/c1c(O)cc2c(c1O)C(=O)C[C@@H](c1ccc(O)cc1)O2. The fraction of sp³-hybridized carbons (Fsp3) is 0.320. The van der Waals surface area contributed by atoms with Crippen LogP contribution in [-0.4, -0.2) is 21.1 Å². The Labute approximate surface area is 177 Å². The minimum Gasteiger partial charge on any atom is -0.508 e. The van der Waals surface area contributed by atoms with Gasteiger partial charge in [-0.25, -0.2) is 0 Å². The number of ketones is 1. The summed E-state index contributed by atoms with van der Waals surface area (Å²) >= 11 is 0. The molecule has 0 aliphatic carbocycles. The van der Waals surface area contributed by atoms with E-state index in [0.29, 0.717) is 0 Å². The van der Waals surface area contributed by atoms with Crippen molar-refractivity contribution in [3.05, 3.63) is 64.7 Å². The Hall–Kier alpha value is -3.21. The van der Waals surface area contributed by atoms with E-state index in [1.165, 1.54) is 23.8 Å². The molecule has 0 radical (unpaired) electrons. The molecule has 1 aliphatic heterocycles. The zero-order valence-electron chi connectivity index (χ0n) is 17.6. The normalized spacial score (nSPS) is 16.8. The molecular weight excluding hydrogens is 380 g/mol. The highest BCUT2D eigenvalue weighted by atomic mass is 16.5. The highest BCUT2D eigenvalue weighted by molar-refractivity contribution is 6.04. The molecule has 2 aromatic rings. The van der Waals surface area contributed by atoms with Gasteiger partial charge in [-0.1, -0.05) is 42.9 Å². The molecule has 3 N–H and O–H groups in total. The van der Waals surface area contributed by atoms with Crippen molar-refractivity contribution in [3.8, 4) is 23.0 Å². The van der Waals surface area contributed by atoms with Crippen molar-refractivity contribution in [2.75, 3.05) is 0 Å². The summed E-state index contributed by atoms with van der Waals surface area (Å²) in [5, 5.41) is 30.6. The Bertz CT molecular complexity index is 982. The minimum absolute atomic E-state index is 0.0678. The first kappa shape index (κ1) is 21.5. The van der Waals surface area contributed by atoms with Crippen LogP contribution >= 0.6 is 0 Å². The molecule has 0 spiro atoms. The molecule has 3 rings (SSSR count). The van der Waals surface area contributed by atoms with E-state index in [-0.39, 0.29) is 52.2 Å². The van der Waals surface area contributed by atoms with Gasteiger partial charge in [0, 0.05) is 6.07 Å². The first-order valence-corrected chi connectivity index (χ1v) is 10.2. The summed E-state index contributed by atoms with van der Waals surface area (Å²) in [5.41, 5.74) is 2.34. The number of hydrogen-bond acceptors (Lipinski definition) is 5. The largest absolute Gasteiger partial charge is 0.508 e. The summed E-state index contributed by atoms with van der Waals surface area (Å²) in [7, 11) is 0. The van der Waals surface area contributed by atoms with Gasteiger partial charge in [0.2, 0.25) is 0 Å². The molecule has 0 amide bonds. The van der Waals surface area contributed by atoms with E-state index in [9.17, 15) is 20.1 Å². The first-order valence-electron chi connectivity index (χ1n) is 10.2. The Morgan fingerprint density at radius 3 is 2.57 bits per heavy atom. The lowest BCUT2D eigenvalue weighted by molar-refractivity contribution is 0.0844. The number of allylic oxidation sites excluding steroid dienone is 3. The Kier molecular flexibility index (Phi) is 6.50. The highest BCUT2D eigenvalue weighted by Crippen LogP contribution is 2.45. The first-order chi connectivity index (χ1) is 14.3. The molecule has 0 saturated heterocycles. The lowest BCUT2D eigenvalue weighted by Crippen LogP contribution is -2.20. The predicted molar refractivity (Wildman–Crippen MR) is 117 cm³/mol. The number of phenolic OH excluding ortho intramolecular Hbond substituents is 3. The van der Waals surface area contributed by atoms with Gasteiger partial charge in [0.25, 0.3) is 0 Å². The number of benzene rings is 2. The fourth-order valence-corrected chi connectivity index (χ4v) is 3.51. The van der Waals surface area contributed by atoms with Crippen LogP contribution in [-0.2, 0) is 0 Å². The lowest BCUT2D eigenvalue weighted by Gasteiger charge is -2.27. The second-order valence-corrected chi connectivity index (χ2v) is 8.05. The molecular formula is C25H28O5. The standard InChI is InChI=1S/C25H28O5/c1-15(2)5-4-6-16(3)7-12-19-20(27)13-23-24(25(19)29)21(28)14-22(30-23)17-8-10-18(26)11-9-17/h5,7-13,16,22,26-27,29H,4,6,14H2,1-3H3/b12-7+/t16-,22-/m0/s1. The van der Waals surface area contributed by atoms with Crippen LogP contribution in [0, 0.1) is 5.92 Å². The highest BCUT2D eigenvalue weighted by Gasteiger charge is 2.32. The van der Waals surface area contributed by atoms with Crippen molar-refractivity contribution in [2.45, 2.75) is 46.1 Å². The van der Waals surface area contributed by atoms with Crippen molar-refractivity contribution in [1.82, 2.24) is 0 Å². The van der Waals surface area contributed by atoms with E-state index in [1.807, 2.05) is 6.08 Å². The van der Waals surface area contributed by atoms with Gasteiger partial charge in [-0.2, -0.15) is 0 Å². The summed E-state index contributed by atoms with van der Waals surface area (Å²) in [4.78, 5) is 12.8. The Balaban J connectivity index is 1.83. The van der Waals surface area contributed by atoms with Crippen LogP contribution in [0.25, 0.3) is 6.08 Å². The number of rotatable bonds is 6. The van der Waals surface area contributed by atoms with Gasteiger partial charge in [0.1, 0.15) is 34.7 Å². The number of fused-ring (bicyclic) bond motifs is 1. The third-order valence-corrected chi connectivity index (χ3v) is 5.23. The van der Waals surface area contributed by atoms with Crippen LogP contribution in [0.5, 0.6) is 23.0 Å². The van der Waals surface area contributed by atoms with Gasteiger partial charge in [-0.3, -0.25) is 4.79 Å². The molecule has 0 saturated carbocycles. The molecule has 2 aromatic carbocycles. The second-order valence-electron chi connectivity index (χ2n) is 8.05. The minimum atomic E-state index is -0.541. The summed E-state index contributed by atoms with van der Waals surface area (Å²) in [6.07, 6.45) is 7.20. The molecule has 0 unspecified atom stereocenters. The van der Waals surface area contributed by atoms with Crippen molar-refractivity contribution < 1.29 is 24.9 Å². The fourth-order valence-electron chi connectivity index (χ4n) is 3.51. The predicted octanol–water partition coefficient (Wildman–Crippen LogP) is 5.91. The number of aromatic hydroxyl groups is 3. The maximum Gasteiger partial charge on any atom is 0.174 e. The number of carbonyl (C=O) groups is 1. The molecule has 0 bridgehead atoms. The van der Waals surface area contributed by atoms with Crippen molar-refractivity contribution in [1.29, 1.82) is 0 Å². The van der Waals surface area contributed by atoms with E-state index in [1.54, 1.807) is 18.2 Å². The second kappa shape index (κ2) is 9.08. The number of carbonyl (C=O) groups excluding carboxylic acids is 1. The van der Waals surface area contributed by atoms with Gasteiger partial charge in [0.15, 0.2) is 5.78 Å². The quantitative estimate of drug-likeness (QED) is 0.518. The number of Topliss-reactive ketones (excluding diaryl/α,β-unsaturated/α-hetero) is 1. The molecule has 158 valence electrons. The Morgan fingerprint density at radius 1 is 1.20 bits per heavy atom. The van der Waals surface area contributed by atoms with Gasteiger partial charge in [-0.05, 0) is 50.3 Å². The summed E-state index contributed by atoms with van der Waals surface area (Å²) < 4.78 is 5.89. The zero-order chi connectivity index (χ0) is 21.8. The van der Waals surface area contributed by atoms with Crippen LogP contribution in [0.1, 0.15) is 67.6 Å². The summed E-state index contributed by atoms with van der Waals surface area (Å²) in [6.45, 7) is 6.20. The third-order valence-electron chi connectivity index (χ3n) is 5.23. The molecule has 30 heavy (non-hydrogen) atoms. The van der Waals surface area contributed by atoms with Crippen LogP contribution in [0.3, 0.4) is 0 Å². The van der Waals surface area contributed by atoms with Crippen LogP contribution in [0.15, 0.2) is 48.1 Å². The van der Waals surface area contributed by atoms with E-state index < -0.39 is 6.10 Å². The average molecular weight is 408 g/mol. The topological polar surface area (TPSA) is 87.0 Å². The van der Waals surface area contributed by atoms with Gasteiger partial charge in [-0.15, -0.1) is 0 Å².